The number of nitriles is 1. The van der Waals surface area contributed by atoms with Crippen LogP contribution in [0.1, 0.15) is 16.1 Å². The molecule has 1 saturated heterocycles. The van der Waals surface area contributed by atoms with Crippen LogP contribution in [0.5, 0.6) is 0 Å². The minimum Gasteiger partial charge on any atom is -0.352 e. The molecule has 0 bridgehead atoms. The summed E-state index contributed by atoms with van der Waals surface area (Å²) in [5.74, 6) is 0.398. The van der Waals surface area contributed by atoms with Gasteiger partial charge in [0.1, 0.15) is 22.7 Å². The zero-order valence-electron chi connectivity index (χ0n) is 12.6. The fourth-order valence-corrected chi connectivity index (χ4v) is 2.91. The summed E-state index contributed by atoms with van der Waals surface area (Å²) >= 11 is 11.9. The minimum absolute atomic E-state index is 0.160. The molecule has 0 atom stereocenters. The van der Waals surface area contributed by atoms with Crippen molar-refractivity contribution in [3.05, 3.63) is 51.9 Å². The smallest absolute Gasteiger partial charge is 0.274 e. The second-order valence-electron chi connectivity index (χ2n) is 5.23. The van der Waals surface area contributed by atoms with Crippen LogP contribution in [-0.2, 0) is 0 Å². The Morgan fingerprint density at radius 3 is 2.62 bits per heavy atom. The van der Waals surface area contributed by atoms with E-state index in [2.05, 4.69) is 16.0 Å². The summed E-state index contributed by atoms with van der Waals surface area (Å²) in [6.45, 7) is 2.14. The van der Waals surface area contributed by atoms with Crippen molar-refractivity contribution in [1.29, 1.82) is 5.26 Å². The molecule has 0 spiro atoms. The molecule has 1 fully saturated rings. The van der Waals surface area contributed by atoms with Gasteiger partial charge < -0.3 is 9.80 Å². The van der Waals surface area contributed by atoms with Crippen LogP contribution in [0, 0.1) is 11.3 Å². The lowest BCUT2D eigenvalue weighted by Gasteiger charge is -2.35. The van der Waals surface area contributed by atoms with Crippen LogP contribution >= 0.6 is 23.2 Å². The maximum absolute atomic E-state index is 12.6. The van der Waals surface area contributed by atoms with E-state index < -0.39 is 0 Å². The molecule has 1 aliphatic rings. The van der Waals surface area contributed by atoms with E-state index in [-0.39, 0.29) is 21.8 Å². The number of carbonyl (C=O) groups excluding carboxylic acids is 1. The van der Waals surface area contributed by atoms with Gasteiger partial charge in [0, 0.05) is 32.4 Å². The maximum atomic E-state index is 12.6. The molecule has 0 N–H and O–H groups in total. The van der Waals surface area contributed by atoms with Crippen molar-refractivity contribution in [2.75, 3.05) is 31.1 Å². The Balaban J connectivity index is 1.72. The highest BCUT2D eigenvalue weighted by molar-refractivity contribution is 6.34. The molecule has 0 unspecified atom stereocenters. The molecule has 2 aromatic rings. The highest BCUT2D eigenvalue weighted by atomic mass is 35.5. The number of pyridine rings is 2. The summed E-state index contributed by atoms with van der Waals surface area (Å²) in [4.78, 5) is 24.5. The van der Waals surface area contributed by atoms with Gasteiger partial charge in [-0.3, -0.25) is 4.79 Å². The first-order valence-corrected chi connectivity index (χ1v) is 8.07. The van der Waals surface area contributed by atoms with Crippen molar-refractivity contribution >= 4 is 34.9 Å². The number of hydrogen-bond acceptors (Lipinski definition) is 5. The molecule has 0 saturated carbocycles. The molecule has 0 radical (unpaired) electrons. The van der Waals surface area contributed by atoms with Crippen LogP contribution in [0.3, 0.4) is 0 Å². The number of halogens is 2. The SMILES string of the molecule is N#Cc1cccnc1N1CCN(C(=O)c2nc(Cl)ccc2Cl)CC1. The molecule has 1 aliphatic heterocycles. The molecule has 122 valence electrons. The van der Waals surface area contributed by atoms with Crippen molar-refractivity contribution in [1.82, 2.24) is 14.9 Å². The summed E-state index contributed by atoms with van der Waals surface area (Å²) in [6.07, 6.45) is 1.66. The van der Waals surface area contributed by atoms with Crippen LogP contribution in [0.4, 0.5) is 5.82 Å². The van der Waals surface area contributed by atoms with Crippen LogP contribution in [0.25, 0.3) is 0 Å². The number of aromatic nitrogens is 2. The second kappa shape index (κ2) is 7.04. The summed E-state index contributed by atoms with van der Waals surface area (Å²) in [5.41, 5.74) is 0.685. The fraction of sp³-hybridized carbons (Fsp3) is 0.250. The summed E-state index contributed by atoms with van der Waals surface area (Å²) in [6, 6.07) is 8.71. The van der Waals surface area contributed by atoms with Crippen LogP contribution in [0.15, 0.2) is 30.5 Å². The molecular formula is C16H13Cl2N5O. The molecule has 2 aromatic heterocycles. The van der Waals surface area contributed by atoms with Crippen molar-refractivity contribution in [2.45, 2.75) is 0 Å². The number of piperazine rings is 1. The van der Waals surface area contributed by atoms with E-state index in [0.717, 1.165) is 0 Å². The van der Waals surface area contributed by atoms with Gasteiger partial charge in [0.25, 0.3) is 5.91 Å². The third-order valence-electron chi connectivity index (χ3n) is 3.79. The molecule has 0 aliphatic carbocycles. The zero-order chi connectivity index (χ0) is 17.1. The van der Waals surface area contributed by atoms with Crippen molar-refractivity contribution in [3.63, 3.8) is 0 Å². The van der Waals surface area contributed by atoms with Crippen LogP contribution < -0.4 is 4.90 Å². The highest BCUT2D eigenvalue weighted by Crippen LogP contribution is 2.21. The van der Waals surface area contributed by atoms with Gasteiger partial charge in [-0.15, -0.1) is 0 Å². The molecule has 1 amide bonds. The topological polar surface area (TPSA) is 73.1 Å². The fourth-order valence-electron chi connectivity index (χ4n) is 2.58. The zero-order valence-corrected chi connectivity index (χ0v) is 14.1. The molecule has 3 heterocycles. The normalized spacial score (nSPS) is 14.4. The Hall–Kier alpha value is -2.36. The van der Waals surface area contributed by atoms with E-state index in [4.69, 9.17) is 23.2 Å². The quantitative estimate of drug-likeness (QED) is 0.768. The average Bonchev–Trinajstić information content (AvgIpc) is 2.63. The largest absolute Gasteiger partial charge is 0.352 e. The van der Waals surface area contributed by atoms with Crippen LogP contribution in [-0.4, -0.2) is 47.0 Å². The average molecular weight is 362 g/mol. The van der Waals surface area contributed by atoms with Gasteiger partial charge in [0.15, 0.2) is 0 Å². The number of hydrogen-bond donors (Lipinski definition) is 0. The Morgan fingerprint density at radius 2 is 1.92 bits per heavy atom. The highest BCUT2D eigenvalue weighted by Gasteiger charge is 2.26. The van der Waals surface area contributed by atoms with Gasteiger partial charge in [-0.05, 0) is 24.3 Å². The predicted octanol–water partition coefficient (Wildman–Crippen LogP) is 2.62. The molecule has 24 heavy (non-hydrogen) atoms. The number of carbonyl (C=O) groups is 1. The third-order valence-corrected chi connectivity index (χ3v) is 4.30. The first kappa shape index (κ1) is 16.5. The van der Waals surface area contributed by atoms with Gasteiger partial charge in [-0.2, -0.15) is 5.26 Å². The van der Waals surface area contributed by atoms with Crippen molar-refractivity contribution < 1.29 is 4.79 Å². The number of nitrogens with zero attached hydrogens (tertiary/aromatic N) is 5. The number of rotatable bonds is 2. The number of amides is 1. The van der Waals surface area contributed by atoms with Gasteiger partial charge in [-0.25, -0.2) is 9.97 Å². The Labute approximate surface area is 149 Å². The Bertz CT molecular complexity index is 812. The standard InChI is InChI=1S/C16H13Cl2N5O/c17-12-3-4-13(18)21-14(12)16(24)23-8-6-22(7-9-23)15-11(10-19)2-1-5-20-15/h1-5H,6-9H2. The van der Waals surface area contributed by atoms with E-state index in [0.29, 0.717) is 37.6 Å². The Morgan fingerprint density at radius 1 is 1.17 bits per heavy atom. The minimum atomic E-state index is -0.247. The van der Waals surface area contributed by atoms with E-state index in [1.165, 1.54) is 0 Å². The lowest BCUT2D eigenvalue weighted by atomic mass is 10.2. The first-order valence-electron chi connectivity index (χ1n) is 7.31. The number of anilines is 1. The van der Waals surface area contributed by atoms with E-state index >= 15 is 0 Å². The lowest BCUT2D eigenvalue weighted by Crippen LogP contribution is -2.49. The van der Waals surface area contributed by atoms with Gasteiger partial charge in [0.2, 0.25) is 0 Å². The van der Waals surface area contributed by atoms with Crippen molar-refractivity contribution in [2.24, 2.45) is 0 Å². The maximum Gasteiger partial charge on any atom is 0.274 e. The van der Waals surface area contributed by atoms with Crippen molar-refractivity contribution in [3.8, 4) is 6.07 Å². The summed E-state index contributed by atoms with van der Waals surface area (Å²) in [7, 11) is 0. The van der Waals surface area contributed by atoms with Gasteiger partial charge >= 0.3 is 0 Å². The van der Waals surface area contributed by atoms with E-state index in [1.54, 1.807) is 35.4 Å². The summed E-state index contributed by atoms with van der Waals surface area (Å²) < 4.78 is 0. The molecule has 3 rings (SSSR count). The third kappa shape index (κ3) is 3.28. The van der Waals surface area contributed by atoms with E-state index in [1.807, 2.05) is 4.90 Å². The Kier molecular flexibility index (Phi) is 4.84. The van der Waals surface area contributed by atoms with E-state index in [9.17, 15) is 10.1 Å². The molecule has 0 aromatic carbocycles. The lowest BCUT2D eigenvalue weighted by molar-refractivity contribution is 0.0741. The monoisotopic (exact) mass is 361 g/mol. The van der Waals surface area contributed by atoms with Crippen LogP contribution in [0.2, 0.25) is 10.2 Å². The molecule has 6 nitrogen and oxygen atoms in total. The molecular weight excluding hydrogens is 349 g/mol. The van der Waals surface area contributed by atoms with Gasteiger partial charge in [-0.1, -0.05) is 23.2 Å². The predicted molar refractivity (Wildman–Crippen MR) is 91.3 cm³/mol. The summed E-state index contributed by atoms with van der Waals surface area (Å²) in [5, 5.41) is 9.69. The van der Waals surface area contributed by atoms with Gasteiger partial charge in [0.05, 0.1) is 10.6 Å². The second-order valence-corrected chi connectivity index (χ2v) is 6.02. The molecule has 8 heteroatoms. The first-order chi connectivity index (χ1) is 11.6.